The Morgan fingerprint density at radius 1 is 1.27 bits per heavy atom. The largest absolute Gasteiger partial charge is 0.489 e. The number of carbonyl (C=O) groups excluding carboxylic acids is 2. The fourth-order valence-corrected chi connectivity index (χ4v) is 3.37. The van der Waals surface area contributed by atoms with Gasteiger partial charge in [0, 0.05) is 25.2 Å². The summed E-state index contributed by atoms with van der Waals surface area (Å²) < 4.78 is 18.2. The Hall–Kier alpha value is -2.37. The van der Waals surface area contributed by atoms with E-state index in [1.807, 2.05) is 17.9 Å². The molecule has 26 heavy (non-hydrogen) atoms. The molecule has 2 amide bonds. The predicted molar refractivity (Wildman–Crippen MR) is 96.8 cm³/mol. The molecule has 0 atom stereocenters. The molecule has 1 aromatic rings. The van der Waals surface area contributed by atoms with Gasteiger partial charge >= 0.3 is 0 Å². The Morgan fingerprint density at radius 3 is 2.73 bits per heavy atom. The van der Waals surface area contributed by atoms with Gasteiger partial charge in [0.05, 0.1) is 6.33 Å². The summed E-state index contributed by atoms with van der Waals surface area (Å²) in [5.74, 6) is 0.554. The van der Waals surface area contributed by atoms with Gasteiger partial charge in [0.15, 0.2) is 0 Å². The number of nitrogens with zero attached hydrogens (tertiary/aromatic N) is 2. The maximum Gasteiger partial charge on any atom is 0.254 e. The minimum atomic E-state index is -0.108. The number of likely N-dealkylation sites (tertiary alicyclic amines) is 1. The van der Waals surface area contributed by atoms with Crippen LogP contribution in [0.3, 0.4) is 0 Å². The molecule has 0 unspecified atom stereocenters. The van der Waals surface area contributed by atoms with Gasteiger partial charge in [-0.1, -0.05) is 6.92 Å². The van der Waals surface area contributed by atoms with Gasteiger partial charge in [0.2, 0.25) is 5.91 Å². The molecule has 0 aliphatic carbocycles. The lowest BCUT2D eigenvalue weighted by atomic mass is 9.98. The SMILES string of the molecule is CCC(=CF)COc1ccc2c(c1)CCN(CC(=O)N1CCCC1)C2=O. The standard InChI is InChI=1S/C20H25FN2O3/c1-2-15(12-21)14-26-17-5-6-18-16(11-17)7-10-23(20(18)25)13-19(24)22-8-3-4-9-22/h5-6,11-12H,2-4,7-10,13-14H2,1H3. The Bertz CT molecular complexity index is 711. The van der Waals surface area contributed by atoms with Gasteiger partial charge in [-0.2, -0.15) is 0 Å². The summed E-state index contributed by atoms with van der Waals surface area (Å²) in [5, 5.41) is 0. The fourth-order valence-electron chi connectivity index (χ4n) is 3.37. The number of amides is 2. The van der Waals surface area contributed by atoms with Crippen LogP contribution in [0.25, 0.3) is 0 Å². The number of benzene rings is 1. The molecule has 5 nitrogen and oxygen atoms in total. The van der Waals surface area contributed by atoms with Crippen molar-refractivity contribution in [1.82, 2.24) is 9.80 Å². The van der Waals surface area contributed by atoms with Gasteiger partial charge in [-0.3, -0.25) is 9.59 Å². The van der Waals surface area contributed by atoms with Crippen molar-refractivity contribution >= 4 is 11.8 Å². The highest BCUT2D eigenvalue weighted by Crippen LogP contribution is 2.24. The maximum absolute atomic E-state index is 12.7. The predicted octanol–water partition coefficient (Wildman–Crippen LogP) is 2.95. The van der Waals surface area contributed by atoms with Crippen LogP contribution in [0.4, 0.5) is 4.39 Å². The summed E-state index contributed by atoms with van der Waals surface area (Å²) >= 11 is 0. The smallest absolute Gasteiger partial charge is 0.254 e. The van der Waals surface area contributed by atoms with Crippen molar-refractivity contribution in [2.24, 2.45) is 0 Å². The van der Waals surface area contributed by atoms with E-state index >= 15 is 0 Å². The molecule has 0 saturated carbocycles. The van der Waals surface area contributed by atoms with Crippen molar-refractivity contribution in [3.63, 3.8) is 0 Å². The first-order valence-corrected chi connectivity index (χ1v) is 9.23. The molecular weight excluding hydrogens is 335 g/mol. The lowest BCUT2D eigenvalue weighted by Gasteiger charge is -2.29. The van der Waals surface area contributed by atoms with Gasteiger partial charge < -0.3 is 14.5 Å². The number of hydrogen-bond acceptors (Lipinski definition) is 3. The molecule has 2 aliphatic heterocycles. The van der Waals surface area contributed by atoms with E-state index in [0.717, 1.165) is 31.5 Å². The van der Waals surface area contributed by atoms with E-state index in [4.69, 9.17) is 4.74 Å². The molecule has 0 radical (unpaired) electrons. The second-order valence-electron chi connectivity index (χ2n) is 6.79. The molecule has 0 spiro atoms. The first-order chi connectivity index (χ1) is 12.6. The highest BCUT2D eigenvalue weighted by molar-refractivity contribution is 5.98. The summed E-state index contributed by atoms with van der Waals surface area (Å²) in [6.07, 6.45) is 3.95. The number of fused-ring (bicyclic) bond motifs is 1. The van der Waals surface area contributed by atoms with Crippen molar-refractivity contribution < 1.29 is 18.7 Å². The van der Waals surface area contributed by atoms with E-state index in [1.165, 1.54) is 0 Å². The quantitative estimate of drug-likeness (QED) is 0.784. The molecule has 0 bridgehead atoms. The maximum atomic E-state index is 12.7. The zero-order chi connectivity index (χ0) is 18.5. The molecule has 140 valence electrons. The average molecular weight is 360 g/mol. The van der Waals surface area contributed by atoms with Crippen LogP contribution in [0.2, 0.25) is 0 Å². The second-order valence-corrected chi connectivity index (χ2v) is 6.79. The Morgan fingerprint density at radius 2 is 2.04 bits per heavy atom. The summed E-state index contributed by atoms with van der Waals surface area (Å²) in [6.45, 7) is 4.35. The Kier molecular flexibility index (Phi) is 5.91. The van der Waals surface area contributed by atoms with Crippen LogP contribution in [0, 0.1) is 0 Å². The molecule has 0 aromatic heterocycles. The van der Waals surface area contributed by atoms with Crippen molar-refractivity contribution in [2.45, 2.75) is 32.6 Å². The fraction of sp³-hybridized carbons (Fsp3) is 0.500. The number of rotatable bonds is 6. The third-order valence-corrected chi connectivity index (χ3v) is 5.06. The van der Waals surface area contributed by atoms with E-state index in [9.17, 15) is 14.0 Å². The van der Waals surface area contributed by atoms with E-state index in [0.29, 0.717) is 42.6 Å². The lowest BCUT2D eigenvalue weighted by Crippen LogP contribution is -2.45. The summed E-state index contributed by atoms with van der Waals surface area (Å²) in [4.78, 5) is 28.5. The molecule has 2 heterocycles. The van der Waals surface area contributed by atoms with Crippen molar-refractivity contribution in [3.8, 4) is 5.75 Å². The normalized spacial score (nSPS) is 17.5. The van der Waals surface area contributed by atoms with Crippen molar-refractivity contribution in [1.29, 1.82) is 0 Å². The van der Waals surface area contributed by atoms with Crippen LogP contribution in [0.5, 0.6) is 5.75 Å². The molecule has 1 fully saturated rings. The van der Waals surface area contributed by atoms with Crippen LogP contribution in [-0.4, -0.2) is 54.4 Å². The van der Waals surface area contributed by atoms with Crippen LogP contribution in [0.1, 0.15) is 42.1 Å². The zero-order valence-electron chi connectivity index (χ0n) is 15.2. The van der Waals surface area contributed by atoms with Gasteiger partial charge in [-0.25, -0.2) is 4.39 Å². The van der Waals surface area contributed by atoms with Gasteiger partial charge in [0.1, 0.15) is 18.9 Å². The zero-order valence-corrected chi connectivity index (χ0v) is 15.2. The lowest BCUT2D eigenvalue weighted by molar-refractivity contribution is -0.130. The number of ether oxygens (including phenoxy) is 1. The van der Waals surface area contributed by atoms with Crippen molar-refractivity contribution in [3.05, 3.63) is 41.2 Å². The average Bonchev–Trinajstić information content (AvgIpc) is 3.20. The molecule has 2 aliphatic rings. The van der Waals surface area contributed by atoms with Gasteiger partial charge in [-0.15, -0.1) is 0 Å². The minimum absolute atomic E-state index is 0.0318. The van der Waals surface area contributed by atoms with Crippen LogP contribution < -0.4 is 4.74 Å². The topological polar surface area (TPSA) is 49.9 Å². The third-order valence-electron chi connectivity index (χ3n) is 5.06. The summed E-state index contributed by atoms with van der Waals surface area (Å²) in [6, 6.07) is 5.32. The number of carbonyl (C=O) groups is 2. The van der Waals surface area contributed by atoms with Gasteiger partial charge in [-0.05, 0) is 55.0 Å². The van der Waals surface area contributed by atoms with E-state index in [2.05, 4.69) is 0 Å². The second kappa shape index (κ2) is 8.34. The van der Waals surface area contributed by atoms with E-state index in [1.54, 1.807) is 17.0 Å². The Labute approximate surface area is 153 Å². The molecule has 1 aromatic carbocycles. The minimum Gasteiger partial charge on any atom is -0.489 e. The summed E-state index contributed by atoms with van der Waals surface area (Å²) in [7, 11) is 0. The van der Waals surface area contributed by atoms with Gasteiger partial charge in [0.25, 0.3) is 5.91 Å². The number of hydrogen-bond donors (Lipinski definition) is 0. The molecule has 6 heteroatoms. The first-order valence-electron chi connectivity index (χ1n) is 9.23. The van der Waals surface area contributed by atoms with Crippen LogP contribution in [-0.2, 0) is 11.2 Å². The molecular formula is C20H25FN2O3. The van der Waals surface area contributed by atoms with Crippen molar-refractivity contribution in [2.75, 3.05) is 32.8 Å². The first kappa shape index (κ1) is 18.4. The number of halogens is 1. The monoisotopic (exact) mass is 360 g/mol. The highest BCUT2D eigenvalue weighted by Gasteiger charge is 2.28. The highest BCUT2D eigenvalue weighted by atomic mass is 19.1. The Balaban J connectivity index is 1.64. The third kappa shape index (κ3) is 4.06. The van der Waals surface area contributed by atoms with Crippen LogP contribution in [0.15, 0.2) is 30.1 Å². The molecule has 1 saturated heterocycles. The summed E-state index contributed by atoms with van der Waals surface area (Å²) in [5.41, 5.74) is 2.12. The molecule has 3 rings (SSSR count). The van der Waals surface area contributed by atoms with E-state index < -0.39 is 0 Å². The van der Waals surface area contributed by atoms with Crippen LogP contribution >= 0.6 is 0 Å². The van der Waals surface area contributed by atoms with E-state index in [-0.39, 0.29) is 25.0 Å². The molecule has 0 N–H and O–H groups in total.